The molecule has 1 unspecified atom stereocenters. The van der Waals surface area contributed by atoms with Crippen LogP contribution < -0.4 is 5.19 Å². The minimum Gasteiger partial charge on any atom is -0.394 e. The second-order valence-corrected chi connectivity index (χ2v) is 14.4. The fourth-order valence-electron chi connectivity index (χ4n) is 5.09. The molecule has 3 rings (SSSR count). The van der Waals surface area contributed by atoms with E-state index in [1.54, 1.807) is 0 Å². The molecule has 2 heterocycles. The van der Waals surface area contributed by atoms with E-state index in [2.05, 4.69) is 84.8 Å². The van der Waals surface area contributed by atoms with E-state index < -0.39 is 9.28 Å². The lowest BCUT2D eigenvalue weighted by atomic mass is 10.1. The molecule has 0 aromatic heterocycles. The van der Waals surface area contributed by atoms with Crippen molar-refractivity contribution in [2.75, 3.05) is 73.1 Å². The summed E-state index contributed by atoms with van der Waals surface area (Å²) in [5, 5.41) is 1.94. The van der Waals surface area contributed by atoms with Gasteiger partial charge in [0.1, 0.15) is 0 Å². The maximum Gasteiger partial charge on any atom is 0.385 e. The third-order valence-corrected chi connectivity index (χ3v) is 11.7. The van der Waals surface area contributed by atoms with Gasteiger partial charge in [-0.3, -0.25) is 9.80 Å². The van der Waals surface area contributed by atoms with Crippen LogP contribution in [0.15, 0.2) is 30.3 Å². The molecule has 0 saturated carbocycles. The van der Waals surface area contributed by atoms with E-state index in [-0.39, 0.29) is 6.10 Å². The lowest BCUT2D eigenvalue weighted by Gasteiger charge is -2.46. The summed E-state index contributed by atoms with van der Waals surface area (Å²) in [6, 6.07) is 11.0. The average molecular weight is 518 g/mol. The van der Waals surface area contributed by atoms with Gasteiger partial charge in [0.05, 0.1) is 15.7 Å². The summed E-state index contributed by atoms with van der Waals surface area (Å²) >= 11 is 0. The average Bonchev–Trinajstić information content (AvgIpc) is 2.85. The molecule has 2 fully saturated rings. The SMILES string of the molecule is CCO[Si](OC(C)C)C(CCCCC(N1CCN(C)CC1)N1CCN(C)CC1)[Si]c1ccccc1. The summed E-state index contributed by atoms with van der Waals surface area (Å²) in [6.45, 7) is 16.7. The zero-order chi connectivity index (χ0) is 25.0. The van der Waals surface area contributed by atoms with Gasteiger partial charge in [0.25, 0.3) is 0 Å². The number of hydrogen-bond acceptors (Lipinski definition) is 6. The Bertz CT molecular complexity index is 661. The predicted molar refractivity (Wildman–Crippen MR) is 150 cm³/mol. The summed E-state index contributed by atoms with van der Waals surface area (Å²) in [7, 11) is 3.97. The number of likely N-dealkylation sites (N-methyl/N-ethyl adjacent to an activating group) is 2. The molecule has 35 heavy (non-hydrogen) atoms. The quantitative estimate of drug-likeness (QED) is 0.279. The largest absolute Gasteiger partial charge is 0.394 e. The van der Waals surface area contributed by atoms with E-state index in [1.165, 1.54) is 83.2 Å². The van der Waals surface area contributed by atoms with Crippen LogP contribution in [0, 0.1) is 0 Å². The molecule has 8 heteroatoms. The third kappa shape index (κ3) is 10.0. The molecular weight excluding hydrogens is 468 g/mol. The highest BCUT2D eigenvalue weighted by Gasteiger charge is 2.31. The second-order valence-electron chi connectivity index (χ2n) is 10.4. The van der Waals surface area contributed by atoms with E-state index in [0.29, 0.717) is 11.3 Å². The molecule has 3 radical (unpaired) electrons. The fraction of sp³-hybridized carbons (Fsp3) is 0.778. The molecule has 6 nitrogen and oxygen atoms in total. The van der Waals surface area contributed by atoms with E-state index >= 15 is 0 Å². The molecule has 0 spiro atoms. The Kier molecular flexibility index (Phi) is 12.9. The number of benzene rings is 1. The number of rotatable bonds is 14. The van der Waals surface area contributed by atoms with Crippen molar-refractivity contribution in [3.63, 3.8) is 0 Å². The number of unbranched alkanes of at least 4 members (excludes halogenated alkanes) is 1. The topological polar surface area (TPSA) is 31.4 Å². The van der Waals surface area contributed by atoms with Gasteiger partial charge in [0.15, 0.2) is 0 Å². The van der Waals surface area contributed by atoms with E-state index in [0.717, 1.165) is 16.1 Å². The molecule has 0 amide bonds. The van der Waals surface area contributed by atoms with Crippen LogP contribution in [0.2, 0.25) is 5.16 Å². The van der Waals surface area contributed by atoms with Gasteiger partial charge < -0.3 is 18.7 Å². The minimum absolute atomic E-state index is 0.220. The smallest absolute Gasteiger partial charge is 0.385 e. The Labute approximate surface area is 219 Å². The Morgan fingerprint density at radius 3 is 1.89 bits per heavy atom. The van der Waals surface area contributed by atoms with Crippen LogP contribution in [0.1, 0.15) is 46.5 Å². The van der Waals surface area contributed by atoms with Gasteiger partial charge in [-0.25, -0.2) is 0 Å². The molecule has 2 aliphatic rings. The molecule has 0 N–H and O–H groups in total. The molecule has 1 aromatic carbocycles. The highest BCUT2D eigenvalue weighted by Crippen LogP contribution is 2.24. The summed E-state index contributed by atoms with van der Waals surface area (Å²) in [6.07, 6.45) is 5.82. The van der Waals surface area contributed by atoms with Crippen LogP contribution in [0.3, 0.4) is 0 Å². The maximum absolute atomic E-state index is 6.37. The van der Waals surface area contributed by atoms with Gasteiger partial charge in [-0.2, -0.15) is 0 Å². The highest BCUT2D eigenvalue weighted by molar-refractivity contribution is 6.70. The van der Waals surface area contributed by atoms with Crippen molar-refractivity contribution in [2.45, 2.75) is 63.9 Å². The van der Waals surface area contributed by atoms with Crippen LogP contribution in [-0.2, 0) is 8.85 Å². The molecule has 1 atom stereocenters. The van der Waals surface area contributed by atoms with Crippen molar-refractivity contribution in [1.82, 2.24) is 19.6 Å². The van der Waals surface area contributed by atoms with Crippen LogP contribution in [0.5, 0.6) is 0 Å². The molecule has 0 bridgehead atoms. The van der Waals surface area contributed by atoms with E-state index in [9.17, 15) is 0 Å². The van der Waals surface area contributed by atoms with Crippen molar-refractivity contribution in [3.05, 3.63) is 30.3 Å². The van der Waals surface area contributed by atoms with Crippen LogP contribution in [-0.4, -0.2) is 124 Å². The Balaban J connectivity index is 1.59. The Morgan fingerprint density at radius 1 is 0.829 bits per heavy atom. The summed E-state index contributed by atoms with van der Waals surface area (Å²) < 4.78 is 12.6. The first kappa shape index (κ1) is 29.0. The maximum atomic E-state index is 6.37. The first-order valence-electron chi connectivity index (χ1n) is 13.8. The van der Waals surface area contributed by atoms with Crippen molar-refractivity contribution in [2.24, 2.45) is 0 Å². The zero-order valence-electron chi connectivity index (χ0n) is 22.9. The summed E-state index contributed by atoms with van der Waals surface area (Å²) in [4.78, 5) is 10.5. The molecule has 2 aliphatic heterocycles. The van der Waals surface area contributed by atoms with Gasteiger partial charge in [0.2, 0.25) is 0 Å². The predicted octanol–water partition coefficient (Wildman–Crippen LogP) is 2.67. The zero-order valence-corrected chi connectivity index (χ0v) is 24.9. The molecule has 0 aliphatic carbocycles. The van der Waals surface area contributed by atoms with Crippen LogP contribution in [0.25, 0.3) is 0 Å². The fourth-order valence-corrected chi connectivity index (χ4v) is 9.27. The first-order chi connectivity index (χ1) is 17.0. The van der Waals surface area contributed by atoms with Gasteiger partial charge in [-0.1, -0.05) is 54.8 Å². The number of hydrogen-bond donors (Lipinski definition) is 0. The lowest BCUT2D eigenvalue weighted by molar-refractivity contribution is -0.0142. The van der Waals surface area contributed by atoms with Crippen molar-refractivity contribution in [1.29, 1.82) is 0 Å². The standard InChI is InChI=1S/C27H49N4O2Si2/c1-6-32-35(33-24(2)3)27(34-25-12-8-7-9-13-25)15-11-10-14-26(30-20-16-28(4)17-21-30)31-22-18-29(5)19-23-31/h7-9,12-13,24,26-27H,6,10-11,14-23H2,1-5H3. The Morgan fingerprint density at radius 2 is 1.37 bits per heavy atom. The summed E-state index contributed by atoms with van der Waals surface area (Å²) in [5.74, 6) is 0. The van der Waals surface area contributed by atoms with Gasteiger partial charge in [0, 0.05) is 70.2 Å². The van der Waals surface area contributed by atoms with Crippen molar-refractivity contribution < 1.29 is 8.85 Å². The van der Waals surface area contributed by atoms with Gasteiger partial charge >= 0.3 is 9.28 Å². The van der Waals surface area contributed by atoms with Gasteiger partial charge in [-0.15, -0.1) is 0 Å². The first-order valence-corrected chi connectivity index (χ1v) is 16.3. The van der Waals surface area contributed by atoms with Crippen LogP contribution in [0.4, 0.5) is 0 Å². The Hall–Kier alpha value is -0.586. The van der Waals surface area contributed by atoms with E-state index in [1.807, 2.05) is 0 Å². The minimum atomic E-state index is -1.30. The molecule has 197 valence electrons. The second kappa shape index (κ2) is 15.6. The molecule has 2 saturated heterocycles. The third-order valence-electron chi connectivity index (χ3n) is 7.16. The number of piperazine rings is 2. The van der Waals surface area contributed by atoms with Crippen molar-refractivity contribution >= 4 is 24.0 Å². The van der Waals surface area contributed by atoms with Gasteiger partial charge in [-0.05, 0) is 41.3 Å². The summed E-state index contributed by atoms with van der Waals surface area (Å²) in [5.41, 5.74) is 0. The molecular formula is C27H49N4O2Si2. The lowest BCUT2D eigenvalue weighted by Crippen LogP contribution is -2.58. The van der Waals surface area contributed by atoms with E-state index in [4.69, 9.17) is 8.85 Å². The number of nitrogens with zero attached hydrogens (tertiary/aromatic N) is 4. The van der Waals surface area contributed by atoms with Crippen LogP contribution >= 0.6 is 0 Å². The monoisotopic (exact) mass is 517 g/mol. The highest BCUT2D eigenvalue weighted by atomic mass is 28.3. The normalized spacial score (nSPS) is 20.3. The van der Waals surface area contributed by atoms with Crippen molar-refractivity contribution in [3.8, 4) is 0 Å². The molecule has 1 aromatic rings.